The van der Waals surface area contributed by atoms with Crippen LogP contribution >= 0.6 is 94.1 Å². The second kappa shape index (κ2) is 41.1. The third kappa shape index (κ3) is 32.0. The van der Waals surface area contributed by atoms with Crippen molar-refractivity contribution >= 4 is 124 Å². The summed E-state index contributed by atoms with van der Waals surface area (Å²) >= 11 is 15.1. The summed E-state index contributed by atoms with van der Waals surface area (Å²) < 4.78 is 0. The van der Waals surface area contributed by atoms with Gasteiger partial charge in [0.2, 0.25) is 23.6 Å². The van der Waals surface area contributed by atoms with Gasteiger partial charge < -0.3 is 24.4 Å². The van der Waals surface area contributed by atoms with E-state index in [1.807, 2.05) is 159 Å². The average Bonchev–Trinajstić information content (AvgIpc) is 3.29. The molecule has 2 bridgehead atoms. The first kappa shape index (κ1) is 59.2. The molecule has 2 heterocycles. The van der Waals surface area contributed by atoms with Crippen molar-refractivity contribution in [3.8, 4) is 0 Å². The Labute approximate surface area is 421 Å². The van der Waals surface area contributed by atoms with Crippen molar-refractivity contribution in [1.29, 1.82) is 0 Å². The molecule has 1 aromatic carbocycles. The predicted octanol–water partition coefficient (Wildman–Crippen LogP) is 8.93. The Morgan fingerprint density at radius 1 is 0.516 bits per heavy atom. The van der Waals surface area contributed by atoms with Gasteiger partial charge in [0, 0.05) is 149 Å². The topological polar surface area (TPSA) is 103 Å². The maximum Gasteiger partial charge on any atom is 0.223 e. The molecule has 64 heavy (non-hydrogen) atoms. The number of fused-ring (bicyclic) bond motifs is 48. The predicted molar refractivity (Wildman–Crippen MR) is 294 cm³/mol. The molecule has 0 N–H and O–H groups in total. The number of hydrogen-bond acceptors (Lipinski definition) is 14. The molecule has 0 aliphatic carbocycles. The molecule has 4 amide bonds. The molecule has 10 nitrogen and oxygen atoms in total. The molecule has 0 atom stereocenters. The van der Waals surface area contributed by atoms with Gasteiger partial charge in [-0.15, -0.1) is 6.58 Å². The molecule has 0 spiro atoms. The van der Waals surface area contributed by atoms with Crippen molar-refractivity contribution in [2.24, 2.45) is 5.16 Å². The number of thioether (sulfide) groups is 8. The van der Waals surface area contributed by atoms with Gasteiger partial charge in [-0.3, -0.25) is 19.2 Å². The zero-order valence-corrected chi connectivity index (χ0v) is 45.5. The van der Waals surface area contributed by atoms with Crippen LogP contribution in [-0.2, 0) is 30.6 Å². The van der Waals surface area contributed by atoms with Crippen LogP contribution in [0, 0.1) is 0 Å². The summed E-state index contributed by atoms with van der Waals surface area (Å²) in [5, 5.41) is 4.15. The Hall–Kier alpha value is -0.890. The summed E-state index contributed by atoms with van der Waals surface area (Å²) in [5.41, 5.74) is 2.02. The van der Waals surface area contributed by atoms with Crippen LogP contribution in [0.2, 0.25) is 0 Å². The lowest BCUT2D eigenvalue weighted by atomic mass is 10.1. The molecule has 1 aromatic rings. The van der Waals surface area contributed by atoms with Gasteiger partial charge in [-0.25, -0.2) is 0 Å². The van der Waals surface area contributed by atoms with Crippen LogP contribution in [0.25, 0.3) is 0 Å². The number of carbonyl (C=O) groups is 4. The Kier molecular flexibility index (Phi) is 38.1. The summed E-state index contributed by atoms with van der Waals surface area (Å²) in [6.45, 7) is 7.89. The van der Waals surface area contributed by atoms with Gasteiger partial charge >= 0.3 is 0 Å². The Bertz CT molecular complexity index is 1430. The van der Waals surface area contributed by atoms with Gasteiger partial charge in [0.15, 0.2) is 0 Å². The maximum absolute atomic E-state index is 13.1. The van der Waals surface area contributed by atoms with Crippen LogP contribution in [0.15, 0.2) is 42.1 Å². The molecule has 3 rings (SSSR count). The van der Waals surface area contributed by atoms with Crippen LogP contribution < -0.4 is 0 Å². The SMILES string of the molecule is C=CCN1Cc2ccc(cc2)/C=N/OCCCSCCSCCC(=O)N(C)CCCSCCSCCC(=O)N(C)CCCSCCSCCC(=O)N(C)CCCSCCSCCC1=O. The quantitative estimate of drug-likeness (QED) is 0.264. The molecule has 0 fully saturated rings. The molecule has 0 saturated carbocycles. The molecular formula is C46H77N5O5S8. The van der Waals surface area contributed by atoms with Gasteiger partial charge in [-0.2, -0.15) is 94.1 Å². The monoisotopic (exact) mass is 1040 g/mol. The Morgan fingerprint density at radius 2 is 0.875 bits per heavy atom. The fourth-order valence-corrected chi connectivity index (χ4v) is 14.0. The minimum Gasteiger partial charge on any atom is -0.396 e. The number of oxime groups is 1. The largest absolute Gasteiger partial charge is 0.396 e. The first-order valence-electron chi connectivity index (χ1n) is 22.7. The average molecular weight is 1040 g/mol. The minimum absolute atomic E-state index is 0.140. The number of nitrogens with zero attached hydrogens (tertiary/aromatic N) is 5. The molecule has 18 heteroatoms. The lowest BCUT2D eigenvalue weighted by Crippen LogP contribution is -2.31. The Balaban J connectivity index is 1.72. The number of benzene rings is 1. The smallest absolute Gasteiger partial charge is 0.223 e. The first-order chi connectivity index (χ1) is 31.2. The van der Waals surface area contributed by atoms with E-state index in [1.54, 1.807) is 12.3 Å². The highest BCUT2D eigenvalue weighted by Crippen LogP contribution is 2.16. The van der Waals surface area contributed by atoms with Gasteiger partial charge in [-0.05, 0) is 59.8 Å². The van der Waals surface area contributed by atoms with Crippen LogP contribution in [0.1, 0.15) is 62.5 Å². The van der Waals surface area contributed by atoms with Crippen molar-refractivity contribution in [1.82, 2.24) is 19.6 Å². The van der Waals surface area contributed by atoms with Crippen molar-refractivity contribution < 1.29 is 24.0 Å². The summed E-state index contributed by atoms with van der Waals surface area (Å²) in [7, 11) is 5.75. The summed E-state index contributed by atoms with van der Waals surface area (Å²) in [6, 6.07) is 8.07. The highest BCUT2D eigenvalue weighted by molar-refractivity contribution is 8.04. The van der Waals surface area contributed by atoms with E-state index in [0.717, 1.165) is 148 Å². The fourth-order valence-electron chi connectivity index (χ4n) is 5.96. The Morgan fingerprint density at radius 3 is 1.27 bits per heavy atom. The summed E-state index contributed by atoms with van der Waals surface area (Å²) in [4.78, 5) is 63.8. The second-order valence-corrected chi connectivity index (χ2v) is 24.9. The lowest BCUT2D eigenvalue weighted by Gasteiger charge is -2.21. The van der Waals surface area contributed by atoms with E-state index < -0.39 is 0 Å². The van der Waals surface area contributed by atoms with E-state index in [0.29, 0.717) is 45.4 Å². The lowest BCUT2D eigenvalue weighted by molar-refractivity contribution is -0.131. The zero-order valence-electron chi connectivity index (χ0n) is 38.9. The van der Waals surface area contributed by atoms with Gasteiger partial charge in [0.1, 0.15) is 6.61 Å². The third-order valence-electron chi connectivity index (χ3n) is 9.81. The fraction of sp³-hybridized carbons (Fsp3) is 0.717. The van der Waals surface area contributed by atoms with E-state index >= 15 is 0 Å². The van der Waals surface area contributed by atoms with Crippen molar-refractivity contribution in [3.05, 3.63) is 48.0 Å². The van der Waals surface area contributed by atoms with Crippen molar-refractivity contribution in [2.45, 2.75) is 57.9 Å². The first-order valence-corrected chi connectivity index (χ1v) is 31.9. The van der Waals surface area contributed by atoms with Crippen LogP contribution in [-0.4, -0.2) is 195 Å². The van der Waals surface area contributed by atoms with E-state index in [2.05, 4.69) is 11.7 Å². The highest BCUT2D eigenvalue weighted by atomic mass is 32.2. The molecular weight excluding hydrogens is 959 g/mol. The van der Waals surface area contributed by atoms with Gasteiger partial charge in [-0.1, -0.05) is 35.5 Å². The standard InChI is InChI=1S/C46H77N5O5S8/c1-5-18-51-40-42-12-10-41(11-13-42)39-47-56-22-9-26-60-34-38-63-29-16-45(54)50(4)20-7-24-58-32-36-61-27-14-43(52)48(2)19-6-23-57-31-35-62-28-15-44(53)49(3)21-8-25-59-33-37-64-30-17-46(51)55/h5,10-13,39H,1,6-9,14-38,40H2,2-4H3/b47-39+. The third-order valence-corrected chi connectivity index (χ3v) is 19.1. The van der Waals surface area contributed by atoms with Crippen LogP contribution in [0.4, 0.5) is 0 Å². The van der Waals surface area contributed by atoms with Crippen molar-refractivity contribution in [2.75, 3.05) is 146 Å². The molecule has 2 aliphatic heterocycles. The number of hydrogen-bond donors (Lipinski definition) is 0. The van der Waals surface area contributed by atoms with E-state index in [1.165, 1.54) is 0 Å². The molecule has 2 aliphatic rings. The normalized spacial score (nSPS) is 21.3. The molecule has 0 aromatic heterocycles. The van der Waals surface area contributed by atoms with E-state index in [-0.39, 0.29) is 23.6 Å². The molecule has 0 radical (unpaired) electrons. The summed E-state index contributed by atoms with van der Waals surface area (Å²) in [5.74, 6) is 16.7. The van der Waals surface area contributed by atoms with Gasteiger partial charge in [0.05, 0.1) is 6.21 Å². The zero-order chi connectivity index (χ0) is 46.3. The molecule has 0 unspecified atom stereocenters. The number of rotatable bonds is 2. The molecule has 0 saturated heterocycles. The molecule has 364 valence electrons. The van der Waals surface area contributed by atoms with Crippen LogP contribution in [0.5, 0.6) is 0 Å². The second-order valence-electron chi connectivity index (χ2n) is 15.1. The maximum atomic E-state index is 13.1. The van der Waals surface area contributed by atoms with E-state index in [9.17, 15) is 19.2 Å². The number of amides is 4. The van der Waals surface area contributed by atoms with Crippen LogP contribution in [0.3, 0.4) is 0 Å². The van der Waals surface area contributed by atoms with Crippen molar-refractivity contribution in [3.63, 3.8) is 0 Å². The van der Waals surface area contributed by atoms with E-state index in [4.69, 9.17) is 4.84 Å². The summed E-state index contributed by atoms with van der Waals surface area (Å²) in [6.07, 6.45) is 9.70. The van der Waals surface area contributed by atoms with Gasteiger partial charge in [0.25, 0.3) is 0 Å². The minimum atomic E-state index is 0.140. The number of carbonyl (C=O) groups excluding carboxylic acids is 4. The highest BCUT2D eigenvalue weighted by Gasteiger charge is 2.14.